The Hall–Kier alpha value is -3.70. The summed E-state index contributed by atoms with van der Waals surface area (Å²) >= 11 is 0. The van der Waals surface area contributed by atoms with Crippen molar-refractivity contribution in [2.45, 2.75) is 52.5 Å². The lowest BCUT2D eigenvalue weighted by atomic mass is 9.85. The topological polar surface area (TPSA) is 96.2 Å². The second-order valence-corrected chi connectivity index (χ2v) is 10.4. The number of alkyl halides is 3. The predicted octanol–water partition coefficient (Wildman–Crippen LogP) is 3.49. The summed E-state index contributed by atoms with van der Waals surface area (Å²) in [6, 6.07) is 7.47. The van der Waals surface area contributed by atoms with Crippen molar-refractivity contribution in [3.63, 3.8) is 0 Å². The molecule has 2 amide bonds. The van der Waals surface area contributed by atoms with Crippen molar-refractivity contribution in [2.75, 3.05) is 24.5 Å². The minimum absolute atomic E-state index is 0.0241. The molecule has 9 nitrogen and oxygen atoms in total. The van der Waals surface area contributed by atoms with E-state index in [1.54, 1.807) is 23.2 Å². The van der Waals surface area contributed by atoms with Crippen molar-refractivity contribution in [1.29, 1.82) is 0 Å². The van der Waals surface area contributed by atoms with E-state index in [2.05, 4.69) is 25.4 Å². The maximum Gasteiger partial charge on any atom is 0.451 e. The fourth-order valence-electron chi connectivity index (χ4n) is 5.42. The Balaban J connectivity index is 1.28. The molecule has 12 heteroatoms. The summed E-state index contributed by atoms with van der Waals surface area (Å²) < 4.78 is 40.5. The number of nitrogens with zero attached hydrogens (tertiary/aromatic N) is 6. The molecule has 0 radical (unpaired) electrons. The quantitative estimate of drug-likeness (QED) is 0.556. The second-order valence-electron chi connectivity index (χ2n) is 10.4. The van der Waals surface area contributed by atoms with Crippen LogP contribution in [0.3, 0.4) is 0 Å². The monoisotopic (exact) mass is 529 g/mol. The van der Waals surface area contributed by atoms with Crippen LogP contribution < -0.4 is 10.2 Å². The molecule has 1 fully saturated rings. The highest BCUT2D eigenvalue weighted by Gasteiger charge is 2.41. The largest absolute Gasteiger partial charge is 0.451 e. The third-order valence-electron chi connectivity index (χ3n) is 7.28. The summed E-state index contributed by atoms with van der Waals surface area (Å²) in [4.78, 5) is 34.1. The Bertz CT molecular complexity index is 1370. The first kappa shape index (κ1) is 25.9. The van der Waals surface area contributed by atoms with E-state index in [0.29, 0.717) is 25.1 Å². The van der Waals surface area contributed by atoms with E-state index in [4.69, 9.17) is 0 Å². The van der Waals surface area contributed by atoms with Crippen molar-refractivity contribution in [3.05, 3.63) is 47.7 Å². The van der Waals surface area contributed by atoms with Crippen LogP contribution >= 0.6 is 0 Å². The highest BCUT2D eigenvalue weighted by atomic mass is 19.4. The van der Waals surface area contributed by atoms with Crippen molar-refractivity contribution < 1.29 is 22.8 Å². The molecule has 0 bridgehead atoms. The molecule has 1 saturated heterocycles. The molecular weight excluding hydrogens is 499 g/mol. The van der Waals surface area contributed by atoms with Gasteiger partial charge in [-0.25, -0.2) is 0 Å². The minimum Gasteiger partial charge on any atom is -0.371 e. The predicted molar refractivity (Wildman–Crippen MR) is 134 cm³/mol. The van der Waals surface area contributed by atoms with Gasteiger partial charge in [-0.15, -0.1) is 10.2 Å². The van der Waals surface area contributed by atoms with Gasteiger partial charge in [0.05, 0.1) is 12.1 Å². The summed E-state index contributed by atoms with van der Waals surface area (Å²) in [6.45, 7) is 7.39. The second kappa shape index (κ2) is 9.88. The van der Waals surface area contributed by atoms with Gasteiger partial charge in [-0.3, -0.25) is 14.6 Å². The summed E-state index contributed by atoms with van der Waals surface area (Å²) in [5.41, 5.74) is 2.27. The van der Waals surface area contributed by atoms with Crippen molar-refractivity contribution in [2.24, 2.45) is 11.8 Å². The number of piperidine rings is 1. The van der Waals surface area contributed by atoms with Crippen LogP contribution in [0.25, 0.3) is 10.9 Å². The van der Waals surface area contributed by atoms with Crippen LogP contribution in [0.2, 0.25) is 0 Å². The van der Waals surface area contributed by atoms with E-state index in [1.165, 1.54) is 0 Å². The van der Waals surface area contributed by atoms with Crippen LogP contribution in [0.4, 0.5) is 18.9 Å². The summed E-state index contributed by atoms with van der Waals surface area (Å²) in [5, 5.41) is 10.8. The van der Waals surface area contributed by atoms with Crippen LogP contribution in [0.15, 0.2) is 30.5 Å². The number of carbonyl (C=O) groups is 2. The number of fused-ring (bicyclic) bond motifs is 2. The first-order chi connectivity index (χ1) is 18.0. The molecule has 0 unspecified atom stereocenters. The first-order valence-electron chi connectivity index (χ1n) is 12.8. The third-order valence-corrected chi connectivity index (χ3v) is 7.28. The molecule has 202 valence electrons. The van der Waals surface area contributed by atoms with Crippen LogP contribution in [-0.4, -0.2) is 62.1 Å². The highest BCUT2D eigenvalue weighted by Crippen LogP contribution is 2.34. The molecule has 2 atom stereocenters. The standard InChI is InChI=1S/C26H30F3N7O2/c1-15(2)31-23(37)17-4-5-19-20(12-17)30-8-6-21(19)34-9-7-18(16(3)13-34)24(38)35-10-11-36-22(14-35)32-33-25(36)26(27,28)29/h4-6,8,12,15-16,18H,7,9-11,13-14H2,1-3H3,(H,31,37)/t16-,18+/m1/s1. The summed E-state index contributed by atoms with van der Waals surface area (Å²) in [7, 11) is 0. The zero-order valence-electron chi connectivity index (χ0n) is 21.5. The number of benzene rings is 1. The van der Waals surface area contributed by atoms with E-state index < -0.39 is 12.0 Å². The van der Waals surface area contributed by atoms with E-state index >= 15 is 0 Å². The molecular formula is C26H30F3N7O2. The molecule has 1 N–H and O–H groups in total. The molecule has 2 aliphatic rings. The van der Waals surface area contributed by atoms with Crippen LogP contribution in [-0.2, 0) is 24.1 Å². The van der Waals surface area contributed by atoms with Gasteiger partial charge in [0.2, 0.25) is 11.7 Å². The number of halogens is 3. The van der Waals surface area contributed by atoms with Gasteiger partial charge >= 0.3 is 6.18 Å². The molecule has 5 rings (SSSR count). The Kier molecular flexibility index (Phi) is 6.74. The summed E-state index contributed by atoms with van der Waals surface area (Å²) in [5.74, 6) is -1.26. The Morgan fingerprint density at radius 3 is 2.61 bits per heavy atom. The van der Waals surface area contributed by atoms with E-state index in [-0.39, 0.29) is 55.2 Å². The Labute approximate surface area is 218 Å². The van der Waals surface area contributed by atoms with E-state index in [9.17, 15) is 22.8 Å². The highest BCUT2D eigenvalue weighted by molar-refractivity contribution is 6.00. The summed E-state index contributed by atoms with van der Waals surface area (Å²) in [6.07, 6.45) is -2.23. The number of nitrogens with one attached hydrogen (secondary N) is 1. The zero-order valence-corrected chi connectivity index (χ0v) is 21.5. The third kappa shape index (κ3) is 4.91. The molecule has 0 spiro atoms. The van der Waals surface area contributed by atoms with Gasteiger partial charge < -0.3 is 19.7 Å². The number of anilines is 1. The average Bonchev–Trinajstić information content (AvgIpc) is 3.31. The molecule has 0 aliphatic carbocycles. The van der Waals surface area contributed by atoms with Gasteiger partial charge in [-0.2, -0.15) is 13.2 Å². The maximum atomic E-state index is 13.4. The normalized spacial score (nSPS) is 20.1. The number of pyridine rings is 1. The Morgan fingerprint density at radius 2 is 1.89 bits per heavy atom. The van der Waals surface area contributed by atoms with Gasteiger partial charge in [0.25, 0.3) is 5.91 Å². The van der Waals surface area contributed by atoms with Gasteiger partial charge in [-0.05, 0) is 50.5 Å². The Morgan fingerprint density at radius 1 is 1.11 bits per heavy atom. The molecule has 2 aromatic heterocycles. The molecule has 4 heterocycles. The lowest BCUT2D eigenvalue weighted by Gasteiger charge is -2.40. The smallest absolute Gasteiger partial charge is 0.371 e. The number of amides is 2. The van der Waals surface area contributed by atoms with Crippen LogP contribution in [0.1, 0.15) is 49.2 Å². The number of carbonyl (C=O) groups excluding carboxylic acids is 2. The first-order valence-corrected chi connectivity index (χ1v) is 12.8. The molecule has 3 aromatic rings. The fourth-order valence-corrected chi connectivity index (χ4v) is 5.42. The SMILES string of the molecule is CC(C)NC(=O)c1ccc2c(N3CC[C@H](C(=O)N4CCn5c(nnc5C(F)(F)F)C4)[C@H](C)C3)ccnc2c1. The molecule has 38 heavy (non-hydrogen) atoms. The zero-order chi connectivity index (χ0) is 27.2. The van der Waals surface area contributed by atoms with Gasteiger partial charge in [-0.1, -0.05) is 6.92 Å². The maximum absolute atomic E-state index is 13.4. The lowest BCUT2D eigenvalue weighted by molar-refractivity contribution is -0.148. The van der Waals surface area contributed by atoms with Gasteiger partial charge in [0, 0.05) is 61.0 Å². The number of rotatable bonds is 4. The minimum atomic E-state index is -4.57. The van der Waals surface area contributed by atoms with Gasteiger partial charge in [0.1, 0.15) is 0 Å². The van der Waals surface area contributed by atoms with Gasteiger partial charge in [0.15, 0.2) is 5.82 Å². The number of hydrogen-bond acceptors (Lipinski definition) is 6. The average molecular weight is 530 g/mol. The fraction of sp³-hybridized carbons (Fsp3) is 0.500. The number of aromatic nitrogens is 4. The molecule has 2 aliphatic heterocycles. The van der Waals surface area contributed by atoms with Crippen molar-refractivity contribution in [1.82, 2.24) is 30.0 Å². The van der Waals surface area contributed by atoms with Crippen molar-refractivity contribution >= 4 is 28.4 Å². The lowest BCUT2D eigenvalue weighted by Crippen LogP contribution is -2.49. The van der Waals surface area contributed by atoms with E-state index in [0.717, 1.165) is 21.2 Å². The van der Waals surface area contributed by atoms with Crippen LogP contribution in [0.5, 0.6) is 0 Å². The van der Waals surface area contributed by atoms with Crippen LogP contribution in [0, 0.1) is 11.8 Å². The van der Waals surface area contributed by atoms with Crippen molar-refractivity contribution in [3.8, 4) is 0 Å². The molecule has 1 aromatic carbocycles. The molecule has 0 saturated carbocycles. The number of hydrogen-bond donors (Lipinski definition) is 1. The van der Waals surface area contributed by atoms with E-state index in [1.807, 2.05) is 32.9 Å².